The number of hydrogen-bond donors (Lipinski definition) is 1. The third-order valence-corrected chi connectivity index (χ3v) is 6.47. The Labute approximate surface area is 169 Å². The maximum absolute atomic E-state index is 10.8. The third kappa shape index (κ3) is 3.89. The Morgan fingerprint density at radius 3 is 2.54 bits per heavy atom. The first-order valence-electron chi connectivity index (χ1n) is 10.7. The number of rotatable bonds is 4. The fourth-order valence-corrected chi connectivity index (χ4v) is 4.84. The molecule has 1 N–H and O–H groups in total. The molecule has 4 rings (SSSR count). The van der Waals surface area contributed by atoms with Crippen LogP contribution in [-0.4, -0.2) is 53.6 Å². The van der Waals surface area contributed by atoms with Crippen molar-refractivity contribution in [2.45, 2.75) is 89.3 Å². The van der Waals surface area contributed by atoms with Crippen LogP contribution in [0.15, 0.2) is 12.1 Å². The van der Waals surface area contributed by atoms with Gasteiger partial charge in [0.2, 0.25) is 0 Å². The van der Waals surface area contributed by atoms with E-state index >= 15 is 0 Å². The van der Waals surface area contributed by atoms with Crippen LogP contribution in [0, 0.1) is 0 Å². The number of fused-ring (bicyclic) bond motifs is 3. The summed E-state index contributed by atoms with van der Waals surface area (Å²) in [6.07, 6.45) is 4.52. The average Bonchev–Trinajstić information content (AvgIpc) is 2.59. The van der Waals surface area contributed by atoms with E-state index in [2.05, 4.69) is 24.0 Å². The third-order valence-electron chi connectivity index (χ3n) is 6.47. The highest BCUT2D eigenvalue weighted by Gasteiger charge is 2.41. The second kappa shape index (κ2) is 7.19. The molecule has 1 saturated carbocycles. The van der Waals surface area contributed by atoms with Crippen molar-refractivity contribution in [3.05, 3.63) is 23.3 Å². The van der Waals surface area contributed by atoms with Crippen LogP contribution in [0.25, 0.3) is 0 Å². The summed E-state index contributed by atoms with van der Waals surface area (Å²) in [7, 11) is 1.71. The number of ether oxygens (including phenoxy) is 3. The molecule has 1 aromatic rings. The maximum atomic E-state index is 10.8. The zero-order chi connectivity index (χ0) is 20.1. The lowest BCUT2D eigenvalue weighted by molar-refractivity contribution is -0.149. The first-order valence-corrected chi connectivity index (χ1v) is 10.7. The summed E-state index contributed by atoms with van der Waals surface area (Å²) in [5.74, 6) is 1.67. The molecule has 0 amide bonds. The van der Waals surface area contributed by atoms with Crippen LogP contribution < -0.4 is 9.47 Å². The van der Waals surface area contributed by atoms with Crippen LogP contribution in [-0.2, 0) is 11.2 Å². The number of methoxy groups -OCH3 is 1. The number of benzene rings is 1. The van der Waals surface area contributed by atoms with Gasteiger partial charge in [-0.3, -0.25) is 4.90 Å². The number of aliphatic hydroxyl groups is 1. The number of piperidine rings is 1. The molecule has 1 aliphatic carbocycles. The summed E-state index contributed by atoms with van der Waals surface area (Å²) >= 11 is 0. The van der Waals surface area contributed by atoms with Gasteiger partial charge in [0.1, 0.15) is 5.60 Å². The summed E-state index contributed by atoms with van der Waals surface area (Å²) in [5.41, 5.74) is 2.28. The van der Waals surface area contributed by atoms with Gasteiger partial charge in [0, 0.05) is 19.1 Å². The Morgan fingerprint density at radius 2 is 1.93 bits per heavy atom. The van der Waals surface area contributed by atoms with Crippen LogP contribution >= 0.6 is 0 Å². The van der Waals surface area contributed by atoms with E-state index in [0.29, 0.717) is 6.42 Å². The highest BCUT2D eigenvalue weighted by molar-refractivity contribution is 5.50. The Bertz CT molecular complexity index is 722. The second-order valence-corrected chi connectivity index (χ2v) is 9.94. The van der Waals surface area contributed by atoms with Gasteiger partial charge in [-0.25, -0.2) is 0 Å². The molecule has 1 aromatic carbocycles. The standard InChI is InChI=1S/C23H35NO4/c1-22(2,3)27-21-14-24-10-7-15-11-20(28-23(4)8-6-9-23)19(26-5)12-16(15)17(24)13-18(21)25/h11-12,17-18,21,25H,6-10,13-14H2,1-5H3. The summed E-state index contributed by atoms with van der Waals surface area (Å²) in [6, 6.07) is 4.53. The highest BCUT2D eigenvalue weighted by atomic mass is 16.5. The van der Waals surface area contributed by atoms with Crippen LogP contribution in [0.4, 0.5) is 0 Å². The lowest BCUT2D eigenvalue weighted by atomic mass is 9.81. The molecule has 2 heterocycles. The quantitative estimate of drug-likeness (QED) is 0.847. The van der Waals surface area contributed by atoms with Gasteiger partial charge in [0.25, 0.3) is 0 Å². The van der Waals surface area contributed by atoms with Crippen LogP contribution in [0.3, 0.4) is 0 Å². The Balaban J connectivity index is 1.57. The van der Waals surface area contributed by atoms with E-state index in [1.54, 1.807) is 7.11 Å². The van der Waals surface area contributed by atoms with Gasteiger partial charge in [-0.1, -0.05) is 0 Å². The Hall–Kier alpha value is -1.30. The summed E-state index contributed by atoms with van der Waals surface area (Å²) in [4.78, 5) is 2.46. The molecule has 3 unspecified atom stereocenters. The SMILES string of the molecule is COc1cc2c(cc1OC1(C)CCC1)CCN1CC(OC(C)(C)C)C(O)CC21. The predicted molar refractivity (Wildman–Crippen MR) is 109 cm³/mol. The number of aliphatic hydroxyl groups excluding tert-OH is 1. The molecule has 28 heavy (non-hydrogen) atoms. The van der Waals surface area contributed by atoms with Crippen molar-refractivity contribution in [3.63, 3.8) is 0 Å². The van der Waals surface area contributed by atoms with Crippen molar-refractivity contribution in [2.75, 3.05) is 20.2 Å². The lowest BCUT2D eigenvalue weighted by Crippen LogP contribution is -2.53. The van der Waals surface area contributed by atoms with E-state index in [1.807, 2.05) is 20.8 Å². The van der Waals surface area contributed by atoms with E-state index in [9.17, 15) is 5.11 Å². The van der Waals surface area contributed by atoms with Crippen molar-refractivity contribution in [1.82, 2.24) is 4.90 Å². The van der Waals surface area contributed by atoms with E-state index in [1.165, 1.54) is 17.5 Å². The van der Waals surface area contributed by atoms with E-state index in [0.717, 1.165) is 43.9 Å². The van der Waals surface area contributed by atoms with Gasteiger partial charge in [-0.05, 0) is 83.1 Å². The minimum absolute atomic E-state index is 0.0548. The Morgan fingerprint density at radius 1 is 1.18 bits per heavy atom. The Kier molecular flexibility index (Phi) is 5.13. The molecule has 156 valence electrons. The van der Waals surface area contributed by atoms with E-state index in [4.69, 9.17) is 14.2 Å². The zero-order valence-corrected chi connectivity index (χ0v) is 18.0. The first-order chi connectivity index (χ1) is 13.2. The van der Waals surface area contributed by atoms with Crippen molar-refractivity contribution < 1.29 is 19.3 Å². The lowest BCUT2D eigenvalue weighted by Gasteiger charge is -2.47. The molecular weight excluding hydrogens is 354 g/mol. The van der Waals surface area contributed by atoms with Crippen LogP contribution in [0.5, 0.6) is 11.5 Å². The monoisotopic (exact) mass is 389 g/mol. The van der Waals surface area contributed by atoms with Gasteiger partial charge in [-0.15, -0.1) is 0 Å². The molecule has 0 aromatic heterocycles. The minimum atomic E-state index is -0.456. The number of nitrogens with zero attached hydrogens (tertiary/aromatic N) is 1. The second-order valence-electron chi connectivity index (χ2n) is 9.94. The predicted octanol–water partition coefficient (Wildman–Crippen LogP) is 3.86. The van der Waals surface area contributed by atoms with Crippen molar-refractivity contribution in [3.8, 4) is 11.5 Å². The fraction of sp³-hybridized carbons (Fsp3) is 0.739. The average molecular weight is 390 g/mol. The molecule has 0 radical (unpaired) electrons. The summed E-state index contributed by atoms with van der Waals surface area (Å²) in [6.45, 7) is 10.1. The maximum Gasteiger partial charge on any atom is 0.162 e. The minimum Gasteiger partial charge on any atom is -0.493 e. The molecule has 3 atom stereocenters. The van der Waals surface area contributed by atoms with Gasteiger partial charge in [-0.2, -0.15) is 0 Å². The molecule has 3 aliphatic rings. The van der Waals surface area contributed by atoms with Crippen LogP contribution in [0.1, 0.15) is 70.5 Å². The normalized spacial score (nSPS) is 29.4. The van der Waals surface area contributed by atoms with Crippen LogP contribution in [0.2, 0.25) is 0 Å². The highest BCUT2D eigenvalue weighted by Crippen LogP contribution is 2.45. The summed E-state index contributed by atoms with van der Waals surface area (Å²) < 4.78 is 18.2. The number of hydrogen-bond acceptors (Lipinski definition) is 5. The van der Waals surface area contributed by atoms with Crippen molar-refractivity contribution in [1.29, 1.82) is 0 Å². The molecular formula is C23H35NO4. The van der Waals surface area contributed by atoms with Gasteiger partial charge in [0.05, 0.1) is 24.9 Å². The zero-order valence-electron chi connectivity index (χ0n) is 18.0. The molecule has 1 saturated heterocycles. The van der Waals surface area contributed by atoms with Gasteiger partial charge < -0.3 is 19.3 Å². The van der Waals surface area contributed by atoms with Crippen molar-refractivity contribution in [2.24, 2.45) is 0 Å². The van der Waals surface area contributed by atoms with E-state index < -0.39 is 6.10 Å². The van der Waals surface area contributed by atoms with Gasteiger partial charge >= 0.3 is 0 Å². The smallest absolute Gasteiger partial charge is 0.162 e. The molecule has 2 fully saturated rings. The molecule has 2 aliphatic heterocycles. The molecule has 0 spiro atoms. The van der Waals surface area contributed by atoms with Gasteiger partial charge in [0.15, 0.2) is 11.5 Å². The largest absolute Gasteiger partial charge is 0.493 e. The fourth-order valence-electron chi connectivity index (χ4n) is 4.84. The first kappa shape index (κ1) is 20.0. The molecule has 5 heteroatoms. The van der Waals surface area contributed by atoms with Crippen molar-refractivity contribution >= 4 is 0 Å². The topological polar surface area (TPSA) is 51.2 Å². The summed E-state index contributed by atoms with van der Waals surface area (Å²) in [5, 5.41) is 10.8. The molecule has 0 bridgehead atoms. The molecule has 5 nitrogen and oxygen atoms in total. The van der Waals surface area contributed by atoms with E-state index in [-0.39, 0.29) is 23.3 Å².